The standard InChI is InChI=1S/C16H15N3O7/c1-3-25-16(22)13-7(2)26-15(18)9(6-17)14(13)8-4-10(19(23)24)12(21)5-11(8)20/h4-5,14,20-21H,3,18H2,1-2H3. The summed E-state index contributed by atoms with van der Waals surface area (Å²) in [6.45, 7) is 3.02. The first-order valence-electron chi connectivity index (χ1n) is 7.38. The number of aromatic hydroxyl groups is 2. The second-order valence-electron chi connectivity index (χ2n) is 5.27. The summed E-state index contributed by atoms with van der Waals surface area (Å²) < 4.78 is 10.2. The number of phenolic OH excluding ortho intramolecular Hbond substituents is 2. The molecule has 136 valence electrons. The number of hydrogen-bond acceptors (Lipinski definition) is 9. The van der Waals surface area contributed by atoms with E-state index in [0.717, 1.165) is 12.1 Å². The Morgan fingerprint density at radius 1 is 1.46 bits per heavy atom. The van der Waals surface area contributed by atoms with Crippen LogP contribution in [-0.2, 0) is 14.3 Å². The van der Waals surface area contributed by atoms with Crippen LogP contribution in [0.1, 0.15) is 25.3 Å². The average molecular weight is 361 g/mol. The molecule has 1 aromatic carbocycles. The van der Waals surface area contributed by atoms with Gasteiger partial charge in [-0.2, -0.15) is 5.26 Å². The van der Waals surface area contributed by atoms with Crippen molar-refractivity contribution in [2.45, 2.75) is 19.8 Å². The summed E-state index contributed by atoms with van der Waals surface area (Å²) in [4.78, 5) is 22.6. The minimum atomic E-state index is -1.26. The molecule has 0 aromatic heterocycles. The number of carbonyl (C=O) groups is 1. The highest BCUT2D eigenvalue weighted by Crippen LogP contribution is 2.45. The van der Waals surface area contributed by atoms with Crippen LogP contribution in [0.25, 0.3) is 0 Å². The lowest BCUT2D eigenvalue weighted by atomic mass is 9.82. The van der Waals surface area contributed by atoms with E-state index in [2.05, 4.69) is 0 Å². The van der Waals surface area contributed by atoms with Crippen LogP contribution in [0, 0.1) is 21.4 Å². The van der Waals surface area contributed by atoms with Gasteiger partial charge in [-0.05, 0) is 13.8 Å². The molecule has 10 heteroatoms. The topological polar surface area (TPSA) is 169 Å². The third-order valence-electron chi connectivity index (χ3n) is 3.73. The van der Waals surface area contributed by atoms with Crippen LogP contribution < -0.4 is 5.73 Å². The molecule has 0 saturated carbocycles. The van der Waals surface area contributed by atoms with Crippen LogP contribution in [0.3, 0.4) is 0 Å². The number of carbonyl (C=O) groups excluding carboxylic acids is 1. The van der Waals surface area contributed by atoms with Crippen molar-refractivity contribution < 1.29 is 29.4 Å². The summed E-state index contributed by atoms with van der Waals surface area (Å²) >= 11 is 0. The van der Waals surface area contributed by atoms with Crippen molar-refractivity contribution >= 4 is 11.7 Å². The molecule has 26 heavy (non-hydrogen) atoms. The van der Waals surface area contributed by atoms with Gasteiger partial charge in [0.1, 0.15) is 23.2 Å². The van der Waals surface area contributed by atoms with Crippen molar-refractivity contribution in [3.63, 3.8) is 0 Å². The number of hydrogen-bond donors (Lipinski definition) is 3. The van der Waals surface area contributed by atoms with Crippen molar-refractivity contribution in [1.29, 1.82) is 5.26 Å². The Balaban J connectivity index is 2.78. The number of nitro groups is 1. The van der Waals surface area contributed by atoms with Gasteiger partial charge in [-0.1, -0.05) is 0 Å². The number of nitrogens with two attached hydrogens (primary N) is 1. The maximum Gasteiger partial charge on any atom is 0.338 e. The molecule has 0 spiro atoms. The van der Waals surface area contributed by atoms with E-state index in [1.807, 2.05) is 0 Å². The van der Waals surface area contributed by atoms with Crippen LogP contribution in [0.2, 0.25) is 0 Å². The fraction of sp³-hybridized carbons (Fsp3) is 0.250. The predicted octanol–water partition coefficient (Wildman–Crippen LogP) is 1.65. The predicted molar refractivity (Wildman–Crippen MR) is 86.4 cm³/mol. The fourth-order valence-corrected chi connectivity index (χ4v) is 2.63. The molecule has 0 radical (unpaired) electrons. The summed E-state index contributed by atoms with van der Waals surface area (Å²) in [7, 11) is 0. The monoisotopic (exact) mass is 361 g/mol. The third kappa shape index (κ3) is 3.10. The first-order chi connectivity index (χ1) is 12.2. The quantitative estimate of drug-likeness (QED) is 0.410. The number of allylic oxidation sites excluding steroid dienone is 2. The van der Waals surface area contributed by atoms with Crippen molar-refractivity contribution in [2.75, 3.05) is 6.61 Å². The summed E-state index contributed by atoms with van der Waals surface area (Å²) in [5.74, 6) is -3.69. The number of nitro benzene ring substituents is 1. The van der Waals surface area contributed by atoms with Crippen molar-refractivity contribution in [3.8, 4) is 17.6 Å². The number of nitrogens with zero attached hydrogens (tertiary/aromatic N) is 2. The largest absolute Gasteiger partial charge is 0.507 e. The summed E-state index contributed by atoms with van der Waals surface area (Å²) in [6, 6.07) is 3.41. The van der Waals surface area contributed by atoms with E-state index in [1.165, 1.54) is 6.92 Å². The van der Waals surface area contributed by atoms with Gasteiger partial charge in [0.2, 0.25) is 5.88 Å². The minimum Gasteiger partial charge on any atom is -0.507 e. The molecule has 0 saturated heterocycles. The van der Waals surface area contributed by atoms with Crippen molar-refractivity contribution in [2.24, 2.45) is 5.73 Å². The van der Waals surface area contributed by atoms with Gasteiger partial charge in [-0.25, -0.2) is 4.79 Å². The lowest BCUT2D eigenvalue weighted by Crippen LogP contribution is -2.25. The van der Waals surface area contributed by atoms with Gasteiger partial charge < -0.3 is 25.4 Å². The molecule has 0 bridgehead atoms. The van der Waals surface area contributed by atoms with Gasteiger partial charge in [0, 0.05) is 17.7 Å². The van der Waals surface area contributed by atoms with Gasteiger partial charge in [0.05, 0.1) is 23.0 Å². The molecule has 0 fully saturated rings. The number of rotatable bonds is 4. The Kier molecular flexibility index (Phi) is 5.02. The van der Waals surface area contributed by atoms with E-state index < -0.39 is 34.0 Å². The van der Waals surface area contributed by atoms with Gasteiger partial charge in [-0.15, -0.1) is 0 Å². The Morgan fingerprint density at radius 3 is 2.65 bits per heavy atom. The van der Waals surface area contributed by atoms with Crippen LogP contribution in [-0.4, -0.2) is 27.7 Å². The maximum atomic E-state index is 12.4. The van der Waals surface area contributed by atoms with E-state index in [9.17, 15) is 30.4 Å². The first-order valence-corrected chi connectivity index (χ1v) is 7.38. The Morgan fingerprint density at radius 2 is 2.12 bits per heavy atom. The Hall–Kier alpha value is -3.74. The van der Waals surface area contributed by atoms with E-state index in [4.69, 9.17) is 15.2 Å². The molecular formula is C16H15N3O7. The molecule has 1 atom stereocenters. The van der Waals surface area contributed by atoms with E-state index in [0.29, 0.717) is 0 Å². The van der Waals surface area contributed by atoms with E-state index >= 15 is 0 Å². The smallest absolute Gasteiger partial charge is 0.338 e. The molecule has 2 rings (SSSR count). The highest BCUT2D eigenvalue weighted by Gasteiger charge is 2.38. The maximum absolute atomic E-state index is 12.4. The molecule has 1 heterocycles. The third-order valence-corrected chi connectivity index (χ3v) is 3.73. The minimum absolute atomic E-state index is 0.0279. The highest BCUT2D eigenvalue weighted by molar-refractivity contribution is 5.93. The molecule has 1 aromatic rings. The van der Waals surface area contributed by atoms with Gasteiger partial charge in [0.15, 0.2) is 5.75 Å². The fourth-order valence-electron chi connectivity index (χ4n) is 2.63. The number of ether oxygens (including phenoxy) is 2. The van der Waals surface area contributed by atoms with Gasteiger partial charge in [0.25, 0.3) is 0 Å². The summed E-state index contributed by atoms with van der Waals surface area (Å²) in [6.07, 6.45) is 0. The Labute approximate surface area is 147 Å². The number of benzene rings is 1. The second-order valence-corrected chi connectivity index (χ2v) is 5.27. The average Bonchev–Trinajstić information content (AvgIpc) is 2.54. The second kappa shape index (κ2) is 7.02. The van der Waals surface area contributed by atoms with Gasteiger partial charge in [-0.3, -0.25) is 10.1 Å². The SMILES string of the molecule is CCOC(=O)C1=C(C)OC(N)=C(C#N)C1c1cc([N+](=O)[O-])c(O)cc1O. The van der Waals surface area contributed by atoms with Crippen LogP contribution in [0.15, 0.2) is 34.9 Å². The zero-order valence-corrected chi connectivity index (χ0v) is 13.8. The number of nitriles is 1. The lowest BCUT2D eigenvalue weighted by molar-refractivity contribution is -0.386. The van der Waals surface area contributed by atoms with Crippen LogP contribution in [0.4, 0.5) is 5.69 Å². The molecule has 1 aliphatic rings. The van der Waals surface area contributed by atoms with Crippen molar-refractivity contribution in [1.82, 2.24) is 0 Å². The molecule has 10 nitrogen and oxygen atoms in total. The molecule has 1 aliphatic heterocycles. The summed E-state index contributed by atoms with van der Waals surface area (Å²) in [5, 5.41) is 40.4. The van der Waals surface area contributed by atoms with Crippen LogP contribution in [0.5, 0.6) is 11.5 Å². The van der Waals surface area contributed by atoms with E-state index in [-0.39, 0.29) is 35.0 Å². The molecule has 4 N–H and O–H groups in total. The molecular weight excluding hydrogens is 346 g/mol. The van der Waals surface area contributed by atoms with Crippen molar-refractivity contribution in [3.05, 3.63) is 50.6 Å². The highest BCUT2D eigenvalue weighted by atomic mass is 16.6. The lowest BCUT2D eigenvalue weighted by Gasteiger charge is -2.27. The molecule has 0 aliphatic carbocycles. The van der Waals surface area contributed by atoms with E-state index in [1.54, 1.807) is 13.0 Å². The number of phenols is 2. The summed E-state index contributed by atoms with van der Waals surface area (Å²) in [5.41, 5.74) is 4.47. The zero-order valence-electron chi connectivity index (χ0n) is 13.8. The first kappa shape index (κ1) is 18.6. The normalized spacial score (nSPS) is 16.7. The molecule has 1 unspecified atom stereocenters. The van der Waals surface area contributed by atoms with Crippen LogP contribution >= 0.6 is 0 Å². The zero-order chi connectivity index (χ0) is 19.6. The number of esters is 1. The van der Waals surface area contributed by atoms with Gasteiger partial charge >= 0.3 is 11.7 Å². The Bertz CT molecular complexity index is 896. The molecule has 0 amide bonds.